The minimum atomic E-state index is -5.57. The molecule has 0 aliphatic carbocycles. The molecule has 0 saturated carbocycles. The maximum Gasteiger partial charge on any atom is 0.437 e. The van der Waals surface area contributed by atoms with Gasteiger partial charge in [-0.25, -0.2) is 5.10 Å². The number of rotatable bonds is 11. The van der Waals surface area contributed by atoms with Gasteiger partial charge in [-0.3, -0.25) is 28.3 Å². The summed E-state index contributed by atoms with van der Waals surface area (Å²) in [6, 6.07) is 4.16. The van der Waals surface area contributed by atoms with Gasteiger partial charge in [0.1, 0.15) is 42.3 Å². The lowest BCUT2D eigenvalue weighted by Gasteiger charge is -2.13. The number of fused-ring (bicyclic) bond motifs is 1. The van der Waals surface area contributed by atoms with Gasteiger partial charge in [-0.05, 0) is 41.8 Å². The zero-order valence-corrected chi connectivity index (χ0v) is 30.9. The molecule has 0 aliphatic rings. The molecular weight excluding hydrogens is 896 g/mol. The number of non-ortho nitro benzene ring substituents is 1. The Morgan fingerprint density at radius 2 is 1.05 bits per heavy atom. The number of nitro benzene ring substituents is 1. The van der Waals surface area contributed by atoms with Crippen LogP contribution in [0.2, 0.25) is 0 Å². The van der Waals surface area contributed by atoms with Crippen LogP contribution in [0.5, 0.6) is 17.4 Å². The molecular formula is C26H16F3N9O17S4. The number of aromatic hydroxyl groups is 3. The molecule has 0 bridgehead atoms. The topological polar surface area (TPSA) is 424 Å². The summed E-state index contributed by atoms with van der Waals surface area (Å²) in [5.41, 5.74) is -9.04. The molecule has 5 rings (SSSR count). The van der Waals surface area contributed by atoms with Crippen molar-refractivity contribution in [2.75, 3.05) is 0 Å². The highest BCUT2D eigenvalue weighted by atomic mass is 32.2. The summed E-state index contributed by atoms with van der Waals surface area (Å²) >= 11 is 0. The Kier molecular flexibility index (Phi) is 11.0. The molecule has 8 N–H and O–H groups in total. The van der Waals surface area contributed by atoms with Gasteiger partial charge in [-0.15, -0.1) is 25.6 Å². The van der Waals surface area contributed by atoms with Crippen molar-refractivity contribution in [2.45, 2.75) is 25.8 Å². The quantitative estimate of drug-likeness (QED) is 0.0334. The number of H-pyrrole nitrogens is 1. The summed E-state index contributed by atoms with van der Waals surface area (Å²) in [5.74, 6) is -4.24. The first kappa shape index (κ1) is 43.5. The van der Waals surface area contributed by atoms with Crippen LogP contribution in [-0.2, 0) is 46.6 Å². The Labute approximate surface area is 323 Å². The largest absolute Gasteiger partial charge is 0.505 e. The average Bonchev–Trinajstić information content (AvgIpc) is 3.48. The van der Waals surface area contributed by atoms with Crippen LogP contribution in [0.1, 0.15) is 5.69 Å². The van der Waals surface area contributed by atoms with Gasteiger partial charge in [0.2, 0.25) is 5.88 Å². The number of aromatic nitrogens is 2. The van der Waals surface area contributed by atoms with E-state index in [1.54, 1.807) is 5.10 Å². The van der Waals surface area contributed by atoms with Crippen molar-refractivity contribution in [2.24, 2.45) is 30.7 Å². The number of halogens is 3. The van der Waals surface area contributed by atoms with Crippen LogP contribution in [0, 0.1) is 10.1 Å². The molecule has 0 fully saturated rings. The Bertz CT molecular complexity index is 3170. The molecule has 312 valence electrons. The monoisotopic (exact) mass is 911 g/mol. The molecule has 0 aliphatic heterocycles. The molecule has 0 unspecified atom stereocenters. The van der Waals surface area contributed by atoms with Gasteiger partial charge in [-0.1, -0.05) is 0 Å². The van der Waals surface area contributed by atoms with E-state index in [0.29, 0.717) is 42.5 Å². The van der Waals surface area contributed by atoms with Crippen LogP contribution in [0.4, 0.5) is 53.0 Å². The van der Waals surface area contributed by atoms with E-state index < -0.39 is 145 Å². The van der Waals surface area contributed by atoms with E-state index in [4.69, 9.17) is 0 Å². The van der Waals surface area contributed by atoms with E-state index >= 15 is 0 Å². The van der Waals surface area contributed by atoms with Gasteiger partial charge in [0.25, 0.3) is 46.2 Å². The number of phenolic OH excluding ortho intramolecular Hbond substituents is 2. The Morgan fingerprint density at radius 3 is 1.49 bits per heavy atom. The number of azo groups is 3. The molecule has 0 atom stereocenters. The highest BCUT2D eigenvalue weighted by Crippen LogP contribution is 2.50. The normalized spacial score (nSPS) is 13.3. The van der Waals surface area contributed by atoms with Gasteiger partial charge in [0.15, 0.2) is 22.9 Å². The van der Waals surface area contributed by atoms with Gasteiger partial charge >= 0.3 is 6.18 Å². The molecule has 1 aromatic heterocycles. The predicted molar refractivity (Wildman–Crippen MR) is 184 cm³/mol. The Morgan fingerprint density at radius 1 is 0.610 bits per heavy atom. The smallest absolute Gasteiger partial charge is 0.437 e. The first-order valence-electron chi connectivity index (χ1n) is 14.5. The molecule has 0 amide bonds. The number of aromatic amines is 1. The zero-order chi connectivity index (χ0) is 44.2. The van der Waals surface area contributed by atoms with Gasteiger partial charge in [-0.2, -0.15) is 57.1 Å². The SMILES string of the molecule is O=[N+]([O-])c1ccc(/N=N/c2c(S(=O)(=O)O)cc3cc(S(=O)(=O)O)c(/N=N/c4ccc(/N=N/c5c(C(F)(F)F)n[nH]c5O)cc4S(=O)(=O)O)c(O)c3c2O)c(S(=O)(=O)O)c1. The molecule has 1 heterocycles. The predicted octanol–water partition coefficient (Wildman–Crippen LogP) is 5.84. The fraction of sp³-hybridized carbons (Fsp3) is 0.0385. The number of nitro groups is 1. The maximum atomic E-state index is 13.2. The van der Waals surface area contributed by atoms with Crippen LogP contribution in [-0.4, -0.2) is 82.3 Å². The number of nitrogens with zero attached hydrogens (tertiary/aromatic N) is 8. The lowest BCUT2D eigenvalue weighted by molar-refractivity contribution is -0.385. The van der Waals surface area contributed by atoms with Crippen LogP contribution in [0.25, 0.3) is 10.8 Å². The van der Waals surface area contributed by atoms with Crippen molar-refractivity contribution in [3.05, 3.63) is 64.3 Å². The molecule has 0 spiro atoms. The van der Waals surface area contributed by atoms with Crippen LogP contribution >= 0.6 is 0 Å². The molecule has 5 aromatic rings. The standard InChI is InChI=1S/C26H16F3N9O17S4/c27-26(28,29)24-21(25(41)37-36-24)35-30-10-1-3-12(14(7-10)56(44,45)46)31-33-19-16(58(50,51)52)5-9-6-17(59(53,54)55)20(23(40)18(9)22(19)39)34-32-13-4-2-11(38(42)43)8-15(13)57(47,48)49/h1-8,39-40H,(H2,36,37,41)(H,44,45,46)(H,47,48,49)(H,50,51,52)(H,53,54,55)/b33-31+,34-32+,35-30+. The van der Waals surface area contributed by atoms with E-state index in [2.05, 4.69) is 35.8 Å². The Balaban J connectivity index is 1.71. The first-order chi connectivity index (χ1) is 27.0. The summed E-state index contributed by atoms with van der Waals surface area (Å²) in [6.07, 6.45) is -5.14. The fourth-order valence-corrected chi connectivity index (χ4v) is 7.34. The highest BCUT2D eigenvalue weighted by Gasteiger charge is 2.39. The summed E-state index contributed by atoms with van der Waals surface area (Å²) in [4.78, 5) is 4.67. The van der Waals surface area contributed by atoms with E-state index in [-0.39, 0.29) is 0 Å². The molecule has 4 aromatic carbocycles. The number of benzene rings is 4. The van der Waals surface area contributed by atoms with Crippen molar-refractivity contribution in [1.82, 2.24) is 10.2 Å². The molecule has 0 radical (unpaired) electrons. The summed E-state index contributed by atoms with van der Waals surface area (Å²) in [7, 11) is -21.8. The number of hydrogen-bond donors (Lipinski definition) is 8. The van der Waals surface area contributed by atoms with Crippen molar-refractivity contribution in [3.63, 3.8) is 0 Å². The number of nitrogens with one attached hydrogen (secondary N) is 1. The van der Waals surface area contributed by atoms with Gasteiger partial charge in [0.05, 0.1) is 16.0 Å². The second kappa shape index (κ2) is 15.0. The highest BCUT2D eigenvalue weighted by molar-refractivity contribution is 7.86. The third-order valence-electron chi connectivity index (χ3n) is 7.23. The van der Waals surface area contributed by atoms with E-state index in [0.717, 1.165) is 6.07 Å². The lowest BCUT2D eigenvalue weighted by atomic mass is 10.1. The lowest BCUT2D eigenvalue weighted by Crippen LogP contribution is -2.05. The number of phenols is 2. The van der Waals surface area contributed by atoms with Crippen molar-refractivity contribution < 1.29 is 85.3 Å². The Hall–Kier alpha value is -6.62. The van der Waals surface area contributed by atoms with E-state index in [1.807, 2.05) is 0 Å². The minimum absolute atomic E-state index is 0.318. The van der Waals surface area contributed by atoms with Gasteiger partial charge < -0.3 is 15.3 Å². The second-order valence-corrected chi connectivity index (χ2v) is 16.6. The molecule has 26 nitrogen and oxygen atoms in total. The van der Waals surface area contributed by atoms with Crippen LogP contribution < -0.4 is 0 Å². The number of hydrogen-bond acceptors (Lipinski definition) is 20. The number of alkyl halides is 3. The van der Waals surface area contributed by atoms with Crippen LogP contribution in [0.3, 0.4) is 0 Å². The maximum absolute atomic E-state index is 13.2. The fourth-order valence-electron chi connectivity index (χ4n) is 4.74. The summed E-state index contributed by atoms with van der Waals surface area (Å²) in [6.45, 7) is 0. The molecule has 0 saturated heterocycles. The van der Waals surface area contributed by atoms with Gasteiger partial charge in [0, 0.05) is 12.1 Å². The van der Waals surface area contributed by atoms with E-state index in [9.17, 15) is 90.5 Å². The van der Waals surface area contributed by atoms with Crippen molar-refractivity contribution >= 4 is 91.1 Å². The van der Waals surface area contributed by atoms with Crippen LogP contribution in [0.15, 0.2) is 98.8 Å². The zero-order valence-electron chi connectivity index (χ0n) is 27.7. The summed E-state index contributed by atoms with van der Waals surface area (Å²) in [5, 5.41) is 65.7. The average molecular weight is 912 g/mol. The molecule has 59 heavy (non-hydrogen) atoms. The summed E-state index contributed by atoms with van der Waals surface area (Å²) < 4.78 is 177. The third kappa shape index (κ3) is 9.09. The van der Waals surface area contributed by atoms with E-state index in [1.165, 1.54) is 0 Å². The minimum Gasteiger partial charge on any atom is -0.505 e. The van der Waals surface area contributed by atoms with Crippen molar-refractivity contribution in [1.29, 1.82) is 0 Å². The first-order valence-corrected chi connectivity index (χ1v) is 20.2. The molecule has 33 heteroatoms. The second-order valence-electron chi connectivity index (χ2n) is 11.1. The third-order valence-corrected chi connectivity index (χ3v) is 10.7. The van der Waals surface area contributed by atoms with Crippen molar-refractivity contribution in [3.8, 4) is 17.4 Å².